The number of anilines is 2. The number of H-pyrrole nitrogens is 1. The molecule has 1 fully saturated rings. The predicted molar refractivity (Wildman–Crippen MR) is 112 cm³/mol. The summed E-state index contributed by atoms with van der Waals surface area (Å²) < 4.78 is 5.88. The maximum atomic E-state index is 10.9. The Morgan fingerprint density at radius 2 is 1.90 bits per heavy atom. The van der Waals surface area contributed by atoms with Gasteiger partial charge >= 0.3 is 12.0 Å². The van der Waals surface area contributed by atoms with Gasteiger partial charge in [0.2, 0.25) is 0 Å². The zero-order valence-electron chi connectivity index (χ0n) is 16.0. The molecule has 0 bridgehead atoms. The number of oxazole rings is 1. The van der Waals surface area contributed by atoms with E-state index in [1.54, 1.807) is 0 Å². The highest BCUT2D eigenvalue weighted by Crippen LogP contribution is 2.37. The number of hydrogen-bond donors (Lipinski definition) is 2. The molecule has 0 unspecified atom stereocenters. The van der Waals surface area contributed by atoms with Crippen LogP contribution in [0.1, 0.15) is 43.6 Å². The molecule has 0 radical (unpaired) electrons. The van der Waals surface area contributed by atoms with E-state index in [2.05, 4.69) is 34.6 Å². The van der Waals surface area contributed by atoms with Crippen molar-refractivity contribution in [2.75, 3.05) is 5.32 Å². The van der Waals surface area contributed by atoms with Gasteiger partial charge in [-0.3, -0.25) is 4.79 Å². The molecule has 1 heterocycles. The largest absolute Gasteiger partial charge is 0.481 e. The monoisotopic (exact) mass is 411 g/mol. The minimum atomic E-state index is -0.683. The second-order valence-electron chi connectivity index (χ2n) is 7.66. The molecule has 1 aliphatic rings. The van der Waals surface area contributed by atoms with E-state index in [0.29, 0.717) is 29.3 Å². The van der Waals surface area contributed by atoms with Crippen molar-refractivity contribution in [2.45, 2.75) is 38.0 Å². The number of carbonyl (C=O) groups is 1. The Bertz CT molecular complexity index is 976. The molecule has 0 aliphatic heterocycles. The van der Waals surface area contributed by atoms with Crippen molar-refractivity contribution in [1.29, 1.82) is 0 Å². The molecule has 4 rings (SSSR count). The SMILES string of the molecule is O=C(O)CC1CCC(c2ccc(-c3c[nH+]c(Nc4cccc(Cl)c4)o3)cc2)CC1. The number of rotatable bonds is 6. The average Bonchev–Trinajstić information content (AvgIpc) is 3.17. The topological polar surface area (TPSA) is 76.6 Å². The number of halogens is 1. The van der Waals surface area contributed by atoms with Crippen molar-refractivity contribution < 1.29 is 19.3 Å². The van der Waals surface area contributed by atoms with Crippen molar-refractivity contribution in [3.05, 3.63) is 65.3 Å². The third-order valence-corrected chi connectivity index (χ3v) is 5.84. The van der Waals surface area contributed by atoms with Gasteiger partial charge < -0.3 is 9.52 Å². The molecule has 0 spiro atoms. The number of aromatic amines is 1. The second-order valence-corrected chi connectivity index (χ2v) is 8.09. The lowest BCUT2D eigenvalue weighted by molar-refractivity contribution is -0.364. The minimum absolute atomic E-state index is 0.298. The molecule has 2 aromatic carbocycles. The number of hydrogen-bond acceptors (Lipinski definition) is 3. The highest BCUT2D eigenvalue weighted by Gasteiger charge is 2.24. The standard InChI is InChI=1S/C23H23ClN2O3/c24-19-2-1-3-20(13-19)26-23-25-14-21(29-23)18-10-8-17(9-11-18)16-6-4-15(5-7-16)12-22(27)28/h1-3,8-11,13-16H,4-7,12H2,(H,25,26)(H,27,28)/p+1. The Morgan fingerprint density at radius 3 is 2.59 bits per heavy atom. The van der Waals surface area contributed by atoms with Crippen molar-refractivity contribution in [3.63, 3.8) is 0 Å². The van der Waals surface area contributed by atoms with E-state index in [0.717, 1.165) is 42.7 Å². The Balaban J connectivity index is 1.38. The molecular formula is C23H24ClN2O3+. The number of carboxylic acids is 1. The van der Waals surface area contributed by atoms with E-state index in [1.807, 2.05) is 30.5 Å². The smallest absolute Gasteiger partial charge is 0.457 e. The summed E-state index contributed by atoms with van der Waals surface area (Å²) in [4.78, 5) is 14.0. The summed E-state index contributed by atoms with van der Waals surface area (Å²) in [5.41, 5.74) is 3.17. The van der Waals surface area contributed by atoms with Gasteiger partial charge in [0.1, 0.15) is 11.9 Å². The molecular weight excluding hydrogens is 388 g/mol. The number of aliphatic carboxylic acids is 1. The first kappa shape index (κ1) is 19.5. The normalized spacial score (nSPS) is 19.1. The fourth-order valence-electron chi connectivity index (χ4n) is 4.07. The Morgan fingerprint density at radius 1 is 1.14 bits per heavy atom. The number of aromatic nitrogens is 1. The summed E-state index contributed by atoms with van der Waals surface area (Å²) in [6.45, 7) is 0. The van der Waals surface area contributed by atoms with Crippen molar-refractivity contribution in [3.8, 4) is 11.3 Å². The summed E-state index contributed by atoms with van der Waals surface area (Å²) >= 11 is 6.01. The molecule has 3 N–H and O–H groups in total. The van der Waals surface area contributed by atoms with Gasteiger partial charge in [0.15, 0.2) is 5.76 Å². The van der Waals surface area contributed by atoms with E-state index >= 15 is 0 Å². The first-order valence-electron chi connectivity index (χ1n) is 9.93. The fourth-order valence-corrected chi connectivity index (χ4v) is 4.26. The Labute approximate surface area is 174 Å². The minimum Gasteiger partial charge on any atom is -0.481 e. The van der Waals surface area contributed by atoms with Crippen LogP contribution in [0.5, 0.6) is 0 Å². The van der Waals surface area contributed by atoms with Gasteiger partial charge in [-0.05, 0) is 55.2 Å². The van der Waals surface area contributed by atoms with E-state index in [1.165, 1.54) is 5.56 Å². The number of benzene rings is 2. The van der Waals surface area contributed by atoms with Crippen LogP contribution in [0.4, 0.5) is 11.7 Å². The molecule has 29 heavy (non-hydrogen) atoms. The zero-order chi connectivity index (χ0) is 20.2. The van der Waals surface area contributed by atoms with E-state index in [-0.39, 0.29) is 0 Å². The molecule has 0 saturated heterocycles. The number of nitrogens with one attached hydrogen (secondary N) is 2. The average molecular weight is 412 g/mol. The van der Waals surface area contributed by atoms with Crippen LogP contribution in [0.15, 0.2) is 59.1 Å². The Kier molecular flexibility index (Phi) is 5.86. The van der Waals surface area contributed by atoms with Gasteiger partial charge in [0, 0.05) is 23.1 Å². The van der Waals surface area contributed by atoms with Crippen LogP contribution < -0.4 is 10.3 Å². The molecule has 1 saturated carbocycles. The molecule has 3 aromatic rings. The summed E-state index contributed by atoms with van der Waals surface area (Å²) in [7, 11) is 0. The van der Waals surface area contributed by atoms with Crippen LogP contribution in [0, 0.1) is 5.92 Å². The van der Waals surface area contributed by atoms with Crippen molar-refractivity contribution in [2.24, 2.45) is 5.92 Å². The van der Waals surface area contributed by atoms with E-state index < -0.39 is 5.97 Å². The van der Waals surface area contributed by atoms with Crippen molar-refractivity contribution in [1.82, 2.24) is 0 Å². The molecule has 6 heteroatoms. The lowest BCUT2D eigenvalue weighted by Crippen LogP contribution is -2.16. The quantitative estimate of drug-likeness (QED) is 0.528. The van der Waals surface area contributed by atoms with Crippen LogP contribution in [0.2, 0.25) is 5.02 Å². The third kappa shape index (κ3) is 4.98. The maximum absolute atomic E-state index is 10.9. The van der Waals surface area contributed by atoms with E-state index in [9.17, 15) is 4.79 Å². The van der Waals surface area contributed by atoms with Crippen molar-refractivity contribution >= 4 is 29.3 Å². The van der Waals surface area contributed by atoms with Gasteiger partial charge in [-0.2, -0.15) is 0 Å². The molecule has 1 aromatic heterocycles. The highest BCUT2D eigenvalue weighted by atomic mass is 35.5. The van der Waals surface area contributed by atoms with Gasteiger partial charge in [-0.1, -0.05) is 41.9 Å². The van der Waals surface area contributed by atoms with Gasteiger partial charge in [-0.15, -0.1) is 0 Å². The molecule has 0 amide bonds. The summed E-state index contributed by atoms with van der Waals surface area (Å²) in [6, 6.07) is 16.5. The maximum Gasteiger partial charge on any atom is 0.457 e. The van der Waals surface area contributed by atoms with Crippen LogP contribution >= 0.6 is 11.6 Å². The van der Waals surface area contributed by atoms with E-state index in [4.69, 9.17) is 21.1 Å². The predicted octanol–water partition coefficient (Wildman–Crippen LogP) is 5.91. The molecule has 1 aliphatic carbocycles. The number of carboxylic acid groups (broad SMARTS) is 1. The van der Waals surface area contributed by atoms with Crippen LogP contribution in [-0.2, 0) is 4.79 Å². The first-order chi connectivity index (χ1) is 14.1. The highest BCUT2D eigenvalue weighted by molar-refractivity contribution is 6.30. The summed E-state index contributed by atoms with van der Waals surface area (Å²) in [5, 5.41) is 12.8. The fraction of sp³-hybridized carbons (Fsp3) is 0.304. The molecule has 0 atom stereocenters. The Hall–Kier alpha value is -2.79. The van der Waals surface area contributed by atoms with Gasteiger partial charge in [0.25, 0.3) is 0 Å². The summed E-state index contributed by atoms with van der Waals surface area (Å²) in [6.07, 6.45) is 6.22. The zero-order valence-corrected chi connectivity index (χ0v) is 16.8. The van der Waals surface area contributed by atoms with Gasteiger partial charge in [-0.25, -0.2) is 10.3 Å². The van der Waals surface area contributed by atoms with Gasteiger partial charge in [0.05, 0.1) is 0 Å². The first-order valence-corrected chi connectivity index (χ1v) is 10.3. The summed E-state index contributed by atoms with van der Waals surface area (Å²) in [5.74, 6) is 0.910. The second kappa shape index (κ2) is 8.70. The van der Waals surface area contributed by atoms with Crippen LogP contribution in [0.25, 0.3) is 11.3 Å². The van der Waals surface area contributed by atoms with Crippen LogP contribution in [-0.4, -0.2) is 11.1 Å². The molecule has 150 valence electrons. The lowest BCUT2D eigenvalue weighted by atomic mass is 9.77. The molecule has 5 nitrogen and oxygen atoms in total. The van der Waals surface area contributed by atoms with Crippen LogP contribution in [0.3, 0.4) is 0 Å². The third-order valence-electron chi connectivity index (χ3n) is 5.61. The lowest BCUT2D eigenvalue weighted by Gasteiger charge is -2.28.